The number of hydrogen-bond donors (Lipinski definition) is 1. The molecule has 0 aliphatic rings. The molecule has 1 unspecified atom stereocenters. The summed E-state index contributed by atoms with van der Waals surface area (Å²) in [5.41, 5.74) is -3.01. The summed E-state index contributed by atoms with van der Waals surface area (Å²) in [6.45, 7) is 1.43. The van der Waals surface area contributed by atoms with Crippen LogP contribution in [0.5, 0.6) is 0 Å². The lowest BCUT2D eigenvalue weighted by molar-refractivity contribution is -0.143. The third-order valence-corrected chi connectivity index (χ3v) is 5.45. The summed E-state index contributed by atoms with van der Waals surface area (Å²) in [5, 5.41) is 10.8. The molecule has 15 heteroatoms. The minimum absolute atomic E-state index is 0.0533. The fourth-order valence-electron chi connectivity index (χ4n) is 3.25. The molecule has 0 aliphatic heterocycles. The second-order valence-corrected chi connectivity index (χ2v) is 8.55. The van der Waals surface area contributed by atoms with Crippen molar-refractivity contribution >= 4 is 21.8 Å². The zero-order chi connectivity index (χ0) is 27.0. The molecule has 37 heavy (non-hydrogen) atoms. The maximum absolute atomic E-state index is 13.2. The zero-order valence-corrected chi connectivity index (χ0v) is 20.1. The van der Waals surface area contributed by atoms with Crippen molar-refractivity contribution in [1.29, 1.82) is 0 Å². The number of aromatic nitrogens is 6. The van der Waals surface area contributed by atoms with E-state index in [9.17, 15) is 31.1 Å². The number of carbonyl (C=O) groups excluding carboxylic acids is 1. The molecule has 0 spiro atoms. The molecule has 3 heterocycles. The van der Waals surface area contributed by atoms with Gasteiger partial charge in [0.1, 0.15) is 11.4 Å². The number of rotatable bonds is 5. The van der Waals surface area contributed by atoms with E-state index in [0.717, 1.165) is 9.27 Å². The standard InChI is InChI=1S/C22H14BrF6N7O/c1-11(34-20(37)12-6-13(21(24,25)26)8-14(7-12)22(27,28)29)18-19(31-5-4-30-18)36-33-10-17(35-36)16-3-2-15(23)9-32-16/h2-11H,1H3,(H,34,37). The van der Waals surface area contributed by atoms with Crippen LogP contribution in [0.15, 0.2) is 59.6 Å². The molecule has 4 aromatic rings. The Kier molecular flexibility index (Phi) is 6.99. The van der Waals surface area contributed by atoms with E-state index in [1.807, 2.05) is 0 Å². The Bertz CT molecular complexity index is 1400. The Morgan fingerprint density at radius 1 is 0.919 bits per heavy atom. The van der Waals surface area contributed by atoms with Gasteiger partial charge in [0.15, 0.2) is 5.82 Å². The first-order chi connectivity index (χ1) is 17.3. The highest BCUT2D eigenvalue weighted by molar-refractivity contribution is 9.10. The maximum Gasteiger partial charge on any atom is 0.416 e. The first-order valence-corrected chi connectivity index (χ1v) is 11.1. The van der Waals surface area contributed by atoms with Crippen LogP contribution >= 0.6 is 15.9 Å². The summed E-state index contributed by atoms with van der Waals surface area (Å²) in [4.78, 5) is 26.4. The van der Waals surface area contributed by atoms with Crippen LogP contribution in [0.2, 0.25) is 0 Å². The molecule has 1 atom stereocenters. The van der Waals surface area contributed by atoms with Gasteiger partial charge in [-0.3, -0.25) is 14.8 Å². The first-order valence-electron chi connectivity index (χ1n) is 10.3. The van der Waals surface area contributed by atoms with Crippen LogP contribution < -0.4 is 5.32 Å². The van der Waals surface area contributed by atoms with Gasteiger partial charge in [-0.25, -0.2) is 4.98 Å². The lowest BCUT2D eigenvalue weighted by Gasteiger charge is -2.17. The Balaban J connectivity index is 1.63. The normalized spacial score (nSPS) is 12.9. The molecule has 1 amide bonds. The summed E-state index contributed by atoms with van der Waals surface area (Å²) >= 11 is 3.28. The average molecular weight is 586 g/mol. The summed E-state index contributed by atoms with van der Waals surface area (Å²) in [5.74, 6) is -1.09. The fourth-order valence-corrected chi connectivity index (χ4v) is 3.48. The smallest absolute Gasteiger partial charge is 0.344 e. The van der Waals surface area contributed by atoms with Gasteiger partial charge in [0.2, 0.25) is 0 Å². The summed E-state index contributed by atoms with van der Waals surface area (Å²) in [6, 6.07) is 3.10. The number of amides is 1. The number of nitrogens with zero attached hydrogens (tertiary/aromatic N) is 6. The van der Waals surface area contributed by atoms with Crippen molar-refractivity contribution in [2.75, 3.05) is 0 Å². The van der Waals surface area contributed by atoms with Gasteiger partial charge in [-0.2, -0.15) is 31.4 Å². The first kappa shape index (κ1) is 26.2. The number of benzene rings is 1. The van der Waals surface area contributed by atoms with Gasteiger partial charge in [0.25, 0.3) is 5.91 Å². The van der Waals surface area contributed by atoms with Crippen molar-refractivity contribution in [3.63, 3.8) is 0 Å². The third kappa shape index (κ3) is 5.93. The predicted octanol–water partition coefficient (Wildman–Crippen LogP) is 5.41. The predicted molar refractivity (Wildman–Crippen MR) is 120 cm³/mol. The number of nitrogens with one attached hydrogen (secondary N) is 1. The molecule has 8 nitrogen and oxygen atoms in total. The molecule has 192 valence electrons. The highest BCUT2D eigenvalue weighted by Gasteiger charge is 2.37. The highest BCUT2D eigenvalue weighted by atomic mass is 79.9. The Labute approximate surface area is 212 Å². The summed E-state index contributed by atoms with van der Waals surface area (Å²) in [6.07, 6.45) is -4.57. The second kappa shape index (κ2) is 9.88. The minimum atomic E-state index is -5.09. The largest absolute Gasteiger partial charge is 0.416 e. The molecule has 4 rings (SSSR count). The monoisotopic (exact) mass is 585 g/mol. The quantitative estimate of drug-likeness (QED) is 0.314. The van der Waals surface area contributed by atoms with E-state index in [0.29, 0.717) is 23.5 Å². The van der Waals surface area contributed by atoms with E-state index in [-0.39, 0.29) is 17.6 Å². The zero-order valence-electron chi connectivity index (χ0n) is 18.5. The second-order valence-electron chi connectivity index (χ2n) is 7.64. The van der Waals surface area contributed by atoms with Crippen LogP contribution in [-0.4, -0.2) is 35.9 Å². The molecule has 0 bridgehead atoms. The molecular formula is C22H14BrF6N7O. The van der Waals surface area contributed by atoms with E-state index >= 15 is 0 Å². The van der Waals surface area contributed by atoms with Gasteiger partial charge >= 0.3 is 12.4 Å². The van der Waals surface area contributed by atoms with Crippen molar-refractivity contribution < 1.29 is 31.1 Å². The van der Waals surface area contributed by atoms with E-state index in [1.54, 1.807) is 18.3 Å². The number of alkyl halides is 6. The number of hydrogen-bond acceptors (Lipinski definition) is 6. The Hall–Kier alpha value is -3.88. The molecule has 0 fully saturated rings. The van der Waals surface area contributed by atoms with Crippen LogP contribution in [0.1, 0.15) is 40.1 Å². The van der Waals surface area contributed by atoms with Crippen molar-refractivity contribution in [1.82, 2.24) is 35.3 Å². The Morgan fingerprint density at radius 2 is 1.57 bits per heavy atom. The molecule has 0 saturated carbocycles. The summed E-state index contributed by atoms with van der Waals surface area (Å²) in [7, 11) is 0. The van der Waals surface area contributed by atoms with Gasteiger partial charge in [-0.15, -0.1) is 9.90 Å². The Morgan fingerprint density at radius 3 is 2.16 bits per heavy atom. The van der Waals surface area contributed by atoms with Crippen LogP contribution in [-0.2, 0) is 12.4 Å². The van der Waals surface area contributed by atoms with Crippen LogP contribution in [0.3, 0.4) is 0 Å². The average Bonchev–Trinajstić information content (AvgIpc) is 3.33. The SMILES string of the molecule is CC(NC(=O)c1cc(C(F)(F)F)cc(C(F)(F)F)c1)c1nccnc1-n1ncc(-c2ccc(Br)cn2)n1. The molecule has 1 aromatic carbocycles. The molecule has 0 radical (unpaired) electrons. The topological polar surface area (TPSA) is 98.5 Å². The van der Waals surface area contributed by atoms with Crippen molar-refractivity contribution in [2.24, 2.45) is 0 Å². The highest BCUT2D eigenvalue weighted by Crippen LogP contribution is 2.36. The van der Waals surface area contributed by atoms with E-state index in [2.05, 4.69) is 46.4 Å². The van der Waals surface area contributed by atoms with E-state index < -0.39 is 41.0 Å². The van der Waals surface area contributed by atoms with Gasteiger partial charge < -0.3 is 5.32 Å². The van der Waals surface area contributed by atoms with Gasteiger partial charge in [-0.1, -0.05) is 0 Å². The molecule has 1 N–H and O–H groups in total. The number of pyridine rings is 1. The molecule has 3 aromatic heterocycles. The van der Waals surface area contributed by atoms with Crippen LogP contribution in [0.4, 0.5) is 26.3 Å². The van der Waals surface area contributed by atoms with E-state index in [4.69, 9.17) is 0 Å². The molecule has 0 saturated heterocycles. The minimum Gasteiger partial charge on any atom is -0.344 e. The van der Waals surface area contributed by atoms with Gasteiger partial charge in [0, 0.05) is 28.6 Å². The van der Waals surface area contributed by atoms with Gasteiger partial charge in [0.05, 0.1) is 29.1 Å². The fraction of sp³-hybridized carbons (Fsp3) is 0.182. The summed E-state index contributed by atoms with van der Waals surface area (Å²) < 4.78 is 79.8. The molecule has 0 aliphatic carbocycles. The van der Waals surface area contributed by atoms with E-state index in [1.165, 1.54) is 25.5 Å². The van der Waals surface area contributed by atoms with Gasteiger partial charge in [-0.05, 0) is 53.2 Å². The van der Waals surface area contributed by atoms with Crippen LogP contribution in [0.25, 0.3) is 17.2 Å². The van der Waals surface area contributed by atoms with Crippen molar-refractivity contribution in [3.05, 3.63) is 82.0 Å². The molecular weight excluding hydrogens is 572 g/mol. The number of halogens is 7. The lowest BCUT2D eigenvalue weighted by Crippen LogP contribution is -2.29. The van der Waals surface area contributed by atoms with Crippen LogP contribution in [0, 0.1) is 0 Å². The lowest BCUT2D eigenvalue weighted by atomic mass is 10.0. The number of carbonyl (C=O) groups is 1. The van der Waals surface area contributed by atoms with Crippen molar-refractivity contribution in [2.45, 2.75) is 25.3 Å². The third-order valence-electron chi connectivity index (χ3n) is 4.98. The maximum atomic E-state index is 13.2. The van der Waals surface area contributed by atoms with Crippen molar-refractivity contribution in [3.8, 4) is 17.2 Å².